The molecule has 3 aromatic rings. The van der Waals surface area contributed by atoms with Crippen LogP contribution in [0.4, 0.5) is 22.2 Å². The standard InChI is InChI=1S/C28H36N6O5S/c1-4-38-23-11-9-21(10-12-23)25-20-30-27(32-26(25)29-13-14-34-15-17-37-18-16-34)31-22-7-6-8-24(19-22)40(3,36)33-28(35)39-5-2/h6-12,19-20H,4-5,13-18H2,1-3H3,(H2,29,30,31,32). The first kappa shape index (κ1) is 29.2. The lowest BCUT2D eigenvalue weighted by Gasteiger charge is -2.26. The van der Waals surface area contributed by atoms with Gasteiger partial charge in [-0.05, 0) is 49.7 Å². The van der Waals surface area contributed by atoms with Crippen LogP contribution in [-0.2, 0) is 19.2 Å². The highest BCUT2D eigenvalue weighted by Gasteiger charge is 2.14. The molecule has 2 N–H and O–H groups in total. The van der Waals surface area contributed by atoms with Crippen LogP contribution >= 0.6 is 0 Å². The molecule has 2 aromatic carbocycles. The summed E-state index contributed by atoms with van der Waals surface area (Å²) in [6.45, 7) is 9.24. The van der Waals surface area contributed by atoms with Gasteiger partial charge in [0.25, 0.3) is 0 Å². The van der Waals surface area contributed by atoms with E-state index in [4.69, 9.17) is 19.2 Å². The molecule has 1 saturated heterocycles. The number of morpholine rings is 1. The summed E-state index contributed by atoms with van der Waals surface area (Å²) < 4.78 is 32.7. The van der Waals surface area contributed by atoms with Crippen molar-refractivity contribution in [1.82, 2.24) is 14.9 Å². The summed E-state index contributed by atoms with van der Waals surface area (Å²) in [6, 6.07) is 14.7. The van der Waals surface area contributed by atoms with Gasteiger partial charge < -0.3 is 24.8 Å². The lowest BCUT2D eigenvalue weighted by Crippen LogP contribution is -2.39. The van der Waals surface area contributed by atoms with Gasteiger partial charge in [0.05, 0.1) is 36.2 Å². The zero-order valence-electron chi connectivity index (χ0n) is 23.1. The van der Waals surface area contributed by atoms with Crippen LogP contribution in [0, 0.1) is 0 Å². The van der Waals surface area contributed by atoms with Crippen molar-refractivity contribution in [3.8, 4) is 16.9 Å². The third-order valence-corrected chi connectivity index (χ3v) is 7.76. The second-order valence-electron chi connectivity index (χ2n) is 9.04. The Morgan fingerprint density at radius 2 is 1.90 bits per heavy atom. The van der Waals surface area contributed by atoms with Gasteiger partial charge in [-0.3, -0.25) is 4.90 Å². The van der Waals surface area contributed by atoms with Gasteiger partial charge in [-0.15, -0.1) is 4.36 Å². The SMILES string of the molecule is CCOC(=O)N=S(C)(=O)c1cccc(Nc2ncc(-c3ccc(OCC)cc3)c(NCCN3CCOCC3)n2)c1. The number of anilines is 3. The maximum Gasteiger partial charge on any atom is 0.442 e. The van der Waals surface area contributed by atoms with Gasteiger partial charge >= 0.3 is 6.09 Å². The molecule has 11 nitrogen and oxygen atoms in total. The smallest absolute Gasteiger partial charge is 0.442 e. The number of hydrogen-bond acceptors (Lipinski definition) is 10. The van der Waals surface area contributed by atoms with Crippen LogP contribution in [0.5, 0.6) is 5.75 Å². The van der Waals surface area contributed by atoms with Gasteiger partial charge in [-0.2, -0.15) is 4.98 Å². The molecule has 1 aromatic heterocycles. The largest absolute Gasteiger partial charge is 0.494 e. The summed E-state index contributed by atoms with van der Waals surface area (Å²) in [4.78, 5) is 23.9. The molecule has 12 heteroatoms. The number of amides is 1. The molecule has 0 radical (unpaired) electrons. The summed E-state index contributed by atoms with van der Waals surface area (Å²) in [5, 5.41) is 6.66. The molecular formula is C28H36N6O5S. The third-order valence-electron chi connectivity index (χ3n) is 6.13. The molecule has 0 bridgehead atoms. The minimum absolute atomic E-state index is 0.159. The Morgan fingerprint density at radius 3 is 2.62 bits per heavy atom. The molecule has 1 unspecified atom stereocenters. The lowest BCUT2D eigenvalue weighted by molar-refractivity contribution is 0.0398. The van der Waals surface area contributed by atoms with E-state index in [0.717, 1.165) is 49.7 Å². The van der Waals surface area contributed by atoms with Crippen LogP contribution in [0.25, 0.3) is 11.1 Å². The number of rotatable bonds is 11. The number of hydrogen-bond donors (Lipinski definition) is 2. The molecule has 0 spiro atoms. The van der Waals surface area contributed by atoms with Crippen molar-refractivity contribution in [3.05, 3.63) is 54.7 Å². The van der Waals surface area contributed by atoms with Crippen molar-refractivity contribution in [2.75, 3.05) is 69.5 Å². The molecule has 40 heavy (non-hydrogen) atoms. The first-order valence-corrected chi connectivity index (χ1v) is 15.2. The molecule has 2 heterocycles. The number of carbonyl (C=O) groups is 1. The average molecular weight is 569 g/mol. The van der Waals surface area contributed by atoms with Crippen LogP contribution < -0.4 is 15.4 Å². The summed E-state index contributed by atoms with van der Waals surface area (Å²) >= 11 is 0. The zero-order chi connectivity index (χ0) is 28.4. The predicted molar refractivity (Wildman–Crippen MR) is 156 cm³/mol. The zero-order valence-corrected chi connectivity index (χ0v) is 23.9. The fraction of sp³-hybridized carbons (Fsp3) is 0.393. The van der Waals surface area contributed by atoms with Crippen molar-refractivity contribution in [3.63, 3.8) is 0 Å². The molecule has 214 valence electrons. The van der Waals surface area contributed by atoms with Crippen LogP contribution in [0.15, 0.2) is 64.0 Å². The van der Waals surface area contributed by atoms with Crippen LogP contribution in [-0.4, -0.2) is 84.0 Å². The fourth-order valence-corrected chi connectivity index (χ4v) is 5.25. The highest BCUT2D eigenvalue weighted by Crippen LogP contribution is 2.29. The fourth-order valence-electron chi connectivity index (χ4n) is 4.13. The highest BCUT2D eigenvalue weighted by molar-refractivity contribution is 7.93. The van der Waals surface area contributed by atoms with E-state index in [9.17, 15) is 9.00 Å². The van der Waals surface area contributed by atoms with Gasteiger partial charge in [-0.1, -0.05) is 18.2 Å². The Bertz CT molecular complexity index is 1400. The summed E-state index contributed by atoms with van der Waals surface area (Å²) in [6.07, 6.45) is 2.32. The van der Waals surface area contributed by atoms with E-state index in [1.807, 2.05) is 31.2 Å². The minimum atomic E-state index is -2.99. The van der Waals surface area contributed by atoms with E-state index >= 15 is 0 Å². The van der Waals surface area contributed by atoms with Crippen molar-refractivity contribution < 1.29 is 23.2 Å². The summed E-state index contributed by atoms with van der Waals surface area (Å²) in [7, 11) is -2.99. The van der Waals surface area contributed by atoms with Gasteiger partial charge in [0.1, 0.15) is 11.6 Å². The molecule has 4 rings (SSSR count). The van der Waals surface area contributed by atoms with Crippen molar-refractivity contribution in [2.45, 2.75) is 18.7 Å². The third kappa shape index (κ3) is 8.13. The second-order valence-corrected chi connectivity index (χ2v) is 11.3. The van der Waals surface area contributed by atoms with E-state index in [1.54, 1.807) is 37.4 Å². The Labute approximate surface area is 235 Å². The topological polar surface area (TPSA) is 127 Å². The average Bonchev–Trinajstić information content (AvgIpc) is 2.95. The number of nitrogens with one attached hydrogen (secondary N) is 2. The normalized spacial score (nSPS) is 15.1. The number of benzene rings is 2. The summed E-state index contributed by atoms with van der Waals surface area (Å²) in [5.41, 5.74) is 2.42. The van der Waals surface area contributed by atoms with Crippen LogP contribution in [0.3, 0.4) is 0 Å². The van der Waals surface area contributed by atoms with Crippen molar-refractivity contribution in [1.29, 1.82) is 0 Å². The van der Waals surface area contributed by atoms with Crippen LogP contribution in [0.2, 0.25) is 0 Å². The maximum atomic E-state index is 13.1. The number of nitrogens with zero attached hydrogens (tertiary/aromatic N) is 4. The molecule has 1 aliphatic rings. The Kier molecular flexibility index (Phi) is 10.3. The van der Waals surface area contributed by atoms with E-state index in [-0.39, 0.29) is 6.61 Å². The molecule has 1 amide bonds. The Hall–Kier alpha value is -3.74. The van der Waals surface area contributed by atoms with Crippen molar-refractivity contribution >= 4 is 33.3 Å². The quantitative estimate of drug-likeness (QED) is 0.338. The monoisotopic (exact) mass is 568 g/mol. The summed E-state index contributed by atoms with van der Waals surface area (Å²) in [5.74, 6) is 1.85. The predicted octanol–water partition coefficient (Wildman–Crippen LogP) is 4.64. The van der Waals surface area contributed by atoms with Gasteiger partial charge in [-0.25, -0.2) is 14.0 Å². The molecular weight excluding hydrogens is 532 g/mol. The first-order valence-electron chi connectivity index (χ1n) is 13.3. The van der Waals surface area contributed by atoms with E-state index in [1.165, 1.54) is 6.26 Å². The molecule has 1 fully saturated rings. The number of carbonyl (C=O) groups excluding carboxylic acids is 1. The van der Waals surface area contributed by atoms with E-state index in [2.05, 4.69) is 24.9 Å². The van der Waals surface area contributed by atoms with Gasteiger partial charge in [0.2, 0.25) is 5.95 Å². The second kappa shape index (κ2) is 14.1. The number of ether oxygens (including phenoxy) is 3. The number of aromatic nitrogens is 2. The lowest BCUT2D eigenvalue weighted by atomic mass is 10.1. The van der Waals surface area contributed by atoms with Gasteiger partial charge in [0, 0.05) is 54.8 Å². The molecule has 0 saturated carbocycles. The molecule has 1 atom stereocenters. The molecule has 1 aliphatic heterocycles. The first-order chi connectivity index (χ1) is 19.4. The highest BCUT2D eigenvalue weighted by atomic mass is 32.2. The Morgan fingerprint density at radius 1 is 1.12 bits per heavy atom. The minimum Gasteiger partial charge on any atom is -0.494 e. The maximum absolute atomic E-state index is 13.1. The van der Waals surface area contributed by atoms with E-state index in [0.29, 0.717) is 35.5 Å². The van der Waals surface area contributed by atoms with Gasteiger partial charge in [0.15, 0.2) is 0 Å². The van der Waals surface area contributed by atoms with Crippen LogP contribution in [0.1, 0.15) is 13.8 Å². The van der Waals surface area contributed by atoms with Crippen molar-refractivity contribution in [2.24, 2.45) is 4.36 Å². The molecule has 0 aliphatic carbocycles. The Balaban J connectivity index is 1.57. The van der Waals surface area contributed by atoms with E-state index < -0.39 is 15.8 Å².